The Labute approximate surface area is 250 Å². The number of aromatic amines is 3. The SMILES string of the molecule is NC(=O)CCC(NC(=O)C(N)Cc1cnc[nH]1)C(=O)NC(Cc1c[nH]c2ccccc12)C(=O)NC(Cc1cnc[nH]1)C(=O)O. The maximum absolute atomic E-state index is 13.6. The van der Waals surface area contributed by atoms with Gasteiger partial charge in [-0.3, -0.25) is 19.2 Å². The normalized spacial score (nSPS) is 13.8. The maximum atomic E-state index is 13.6. The number of hydrogen-bond acceptors (Lipinski definition) is 8. The number of H-pyrrole nitrogens is 3. The number of carboxylic acids is 1. The highest BCUT2D eigenvalue weighted by atomic mass is 16.4. The third-order valence-corrected chi connectivity index (χ3v) is 6.97. The molecule has 3 aromatic heterocycles. The minimum atomic E-state index is -1.34. The Morgan fingerprint density at radius 2 is 1.41 bits per heavy atom. The summed E-state index contributed by atoms with van der Waals surface area (Å²) in [5.74, 6) is -4.22. The van der Waals surface area contributed by atoms with Crippen LogP contribution in [0.15, 0.2) is 55.5 Å². The summed E-state index contributed by atoms with van der Waals surface area (Å²) in [4.78, 5) is 80.1. The molecule has 11 N–H and O–H groups in total. The van der Waals surface area contributed by atoms with Crippen LogP contribution >= 0.6 is 0 Å². The van der Waals surface area contributed by atoms with E-state index in [1.54, 1.807) is 6.20 Å². The Hall–Kier alpha value is -5.51. The van der Waals surface area contributed by atoms with Crippen LogP contribution in [0.4, 0.5) is 0 Å². The number of hydrogen-bond donors (Lipinski definition) is 9. The Morgan fingerprint density at radius 1 is 0.795 bits per heavy atom. The predicted molar refractivity (Wildman–Crippen MR) is 156 cm³/mol. The molecule has 44 heavy (non-hydrogen) atoms. The first-order chi connectivity index (χ1) is 21.1. The van der Waals surface area contributed by atoms with Crippen molar-refractivity contribution >= 4 is 40.5 Å². The number of carbonyl (C=O) groups excluding carboxylic acids is 4. The number of nitrogens with two attached hydrogens (primary N) is 2. The minimum absolute atomic E-state index is 0.0200. The summed E-state index contributed by atoms with van der Waals surface area (Å²) in [5.41, 5.74) is 13.9. The molecule has 0 fully saturated rings. The van der Waals surface area contributed by atoms with Crippen molar-refractivity contribution in [1.82, 2.24) is 40.9 Å². The molecule has 1 aromatic carbocycles. The number of carboxylic acid groups (broad SMARTS) is 1. The van der Waals surface area contributed by atoms with Crippen LogP contribution in [0.5, 0.6) is 0 Å². The highest BCUT2D eigenvalue weighted by molar-refractivity contribution is 5.95. The molecule has 16 heteroatoms. The van der Waals surface area contributed by atoms with Crippen LogP contribution in [-0.4, -0.2) is 83.8 Å². The van der Waals surface area contributed by atoms with E-state index >= 15 is 0 Å². The average molecular weight is 607 g/mol. The fourth-order valence-electron chi connectivity index (χ4n) is 4.65. The third kappa shape index (κ3) is 8.51. The van der Waals surface area contributed by atoms with Gasteiger partial charge in [0.05, 0.1) is 18.7 Å². The number of carbonyl (C=O) groups is 5. The van der Waals surface area contributed by atoms with Gasteiger partial charge < -0.3 is 47.5 Å². The zero-order chi connectivity index (χ0) is 31.6. The summed E-state index contributed by atoms with van der Waals surface area (Å²) in [6.45, 7) is 0. The van der Waals surface area contributed by atoms with Gasteiger partial charge in [-0.15, -0.1) is 0 Å². The van der Waals surface area contributed by atoms with Crippen molar-refractivity contribution in [1.29, 1.82) is 0 Å². The second-order valence-electron chi connectivity index (χ2n) is 10.3. The van der Waals surface area contributed by atoms with E-state index < -0.39 is 53.8 Å². The minimum Gasteiger partial charge on any atom is -0.480 e. The van der Waals surface area contributed by atoms with E-state index in [-0.39, 0.29) is 32.1 Å². The highest BCUT2D eigenvalue weighted by Crippen LogP contribution is 2.19. The quantitative estimate of drug-likeness (QED) is 0.0738. The second kappa shape index (κ2) is 14.6. The van der Waals surface area contributed by atoms with E-state index in [0.717, 1.165) is 10.9 Å². The molecular weight excluding hydrogens is 572 g/mol. The van der Waals surface area contributed by atoms with Crippen LogP contribution in [0.1, 0.15) is 29.8 Å². The number of imidazole rings is 2. The van der Waals surface area contributed by atoms with Crippen LogP contribution in [0.25, 0.3) is 10.9 Å². The topological polar surface area (TPSA) is 267 Å². The smallest absolute Gasteiger partial charge is 0.326 e. The van der Waals surface area contributed by atoms with Crippen LogP contribution in [0.3, 0.4) is 0 Å². The van der Waals surface area contributed by atoms with Crippen molar-refractivity contribution in [3.8, 4) is 0 Å². The molecule has 232 valence electrons. The molecule has 4 rings (SSSR count). The standard InChI is InChI=1S/C28H34N10O6/c29-19(8-16-11-31-13-34-16)25(40)36-21(5-6-24(30)39)26(41)37-22(7-15-10-33-20-4-2-1-3-18(15)20)27(42)38-23(28(43)44)9-17-12-32-14-35-17/h1-4,10-14,19,21-23,33H,5-9,29H2,(H2,30,39)(H,31,34)(H,32,35)(H,36,40)(H,37,41)(H,38,42)(H,43,44). The first-order valence-corrected chi connectivity index (χ1v) is 13.8. The first-order valence-electron chi connectivity index (χ1n) is 13.8. The Balaban J connectivity index is 1.55. The lowest BCUT2D eigenvalue weighted by Gasteiger charge is -2.25. The van der Waals surface area contributed by atoms with Gasteiger partial charge in [-0.25, -0.2) is 14.8 Å². The molecule has 0 bridgehead atoms. The van der Waals surface area contributed by atoms with Gasteiger partial charge in [0.25, 0.3) is 0 Å². The second-order valence-corrected chi connectivity index (χ2v) is 10.3. The lowest BCUT2D eigenvalue weighted by Crippen LogP contribution is -2.58. The molecule has 4 aromatic rings. The number of para-hydroxylation sites is 1. The van der Waals surface area contributed by atoms with Crippen LogP contribution < -0.4 is 27.4 Å². The summed E-state index contributed by atoms with van der Waals surface area (Å²) < 4.78 is 0. The maximum Gasteiger partial charge on any atom is 0.326 e. The molecule has 3 heterocycles. The molecule has 4 atom stereocenters. The van der Waals surface area contributed by atoms with E-state index in [2.05, 4.69) is 40.9 Å². The number of amides is 4. The largest absolute Gasteiger partial charge is 0.480 e. The molecule has 4 amide bonds. The van der Waals surface area contributed by atoms with Crippen molar-refractivity contribution in [2.45, 2.75) is 56.3 Å². The summed E-state index contributed by atoms with van der Waals surface area (Å²) in [6, 6.07) is 2.41. The lowest BCUT2D eigenvalue weighted by molar-refractivity contribution is -0.142. The van der Waals surface area contributed by atoms with Crippen molar-refractivity contribution in [2.24, 2.45) is 11.5 Å². The number of benzene rings is 1. The Bertz CT molecular complexity index is 1580. The van der Waals surface area contributed by atoms with Gasteiger partial charge in [-0.05, 0) is 18.1 Å². The molecule has 4 unspecified atom stereocenters. The number of primary amides is 1. The number of aromatic nitrogens is 5. The molecule has 0 aliphatic carbocycles. The van der Waals surface area contributed by atoms with Gasteiger partial charge in [-0.2, -0.15) is 0 Å². The summed E-state index contributed by atoms with van der Waals surface area (Å²) >= 11 is 0. The summed E-state index contributed by atoms with van der Waals surface area (Å²) in [6.07, 6.45) is 7.07. The van der Waals surface area contributed by atoms with Gasteiger partial charge >= 0.3 is 5.97 Å². The molecule has 0 aliphatic rings. The molecule has 0 radical (unpaired) electrons. The van der Waals surface area contributed by atoms with E-state index in [9.17, 15) is 29.1 Å². The molecule has 0 aliphatic heterocycles. The Kier molecular flexibility index (Phi) is 10.4. The van der Waals surface area contributed by atoms with Crippen LogP contribution in [0, 0.1) is 0 Å². The molecular formula is C28H34N10O6. The van der Waals surface area contributed by atoms with Crippen LogP contribution in [-0.2, 0) is 43.2 Å². The van der Waals surface area contributed by atoms with Crippen LogP contribution in [0.2, 0.25) is 0 Å². The van der Waals surface area contributed by atoms with Gasteiger partial charge in [-0.1, -0.05) is 18.2 Å². The van der Waals surface area contributed by atoms with Gasteiger partial charge in [0.15, 0.2) is 0 Å². The number of fused-ring (bicyclic) bond motifs is 1. The zero-order valence-electron chi connectivity index (χ0n) is 23.6. The first kappa shape index (κ1) is 31.4. The number of rotatable bonds is 16. The van der Waals surface area contributed by atoms with E-state index in [0.29, 0.717) is 17.0 Å². The van der Waals surface area contributed by atoms with Gasteiger partial charge in [0.1, 0.15) is 18.1 Å². The van der Waals surface area contributed by atoms with E-state index in [4.69, 9.17) is 11.5 Å². The zero-order valence-corrected chi connectivity index (χ0v) is 23.6. The fraction of sp³-hybridized carbons (Fsp3) is 0.321. The van der Waals surface area contributed by atoms with Crippen molar-refractivity contribution < 1.29 is 29.1 Å². The molecule has 0 spiro atoms. The monoisotopic (exact) mass is 606 g/mol. The highest BCUT2D eigenvalue weighted by Gasteiger charge is 2.31. The number of aliphatic carboxylic acids is 1. The molecule has 0 saturated carbocycles. The van der Waals surface area contributed by atoms with E-state index in [1.165, 1.54) is 25.0 Å². The van der Waals surface area contributed by atoms with Crippen molar-refractivity contribution in [3.05, 3.63) is 72.5 Å². The average Bonchev–Trinajstić information content (AvgIpc) is 3.77. The Morgan fingerprint density at radius 3 is 2.05 bits per heavy atom. The molecule has 16 nitrogen and oxygen atoms in total. The van der Waals surface area contributed by atoms with Gasteiger partial charge in [0.2, 0.25) is 23.6 Å². The molecule has 0 saturated heterocycles. The fourth-order valence-corrected chi connectivity index (χ4v) is 4.65. The van der Waals surface area contributed by atoms with Crippen molar-refractivity contribution in [2.75, 3.05) is 0 Å². The lowest BCUT2D eigenvalue weighted by atomic mass is 10.0. The van der Waals surface area contributed by atoms with Crippen molar-refractivity contribution in [3.63, 3.8) is 0 Å². The third-order valence-electron chi connectivity index (χ3n) is 6.97. The number of nitrogens with one attached hydrogen (secondary N) is 6. The summed E-state index contributed by atoms with van der Waals surface area (Å²) in [7, 11) is 0. The number of nitrogens with zero attached hydrogens (tertiary/aromatic N) is 2. The summed E-state index contributed by atoms with van der Waals surface area (Å²) in [5, 5.41) is 18.3. The van der Waals surface area contributed by atoms with Gasteiger partial charge in [0, 0.05) is 66.6 Å². The van der Waals surface area contributed by atoms with E-state index in [1.807, 2.05) is 24.3 Å². The predicted octanol–water partition coefficient (Wildman–Crippen LogP) is -1.23.